The number of nitrogens with zero attached hydrogens (tertiary/aromatic N) is 2. The maximum Gasteiger partial charge on any atom is 0.291 e. The van der Waals surface area contributed by atoms with Gasteiger partial charge in [0.05, 0.1) is 15.0 Å². The Labute approximate surface area is 126 Å². The number of pyridine rings is 1. The van der Waals surface area contributed by atoms with Crippen molar-refractivity contribution in [2.75, 3.05) is 11.9 Å². The van der Waals surface area contributed by atoms with Crippen molar-refractivity contribution in [3.05, 3.63) is 26.3 Å². The van der Waals surface area contributed by atoms with Crippen LogP contribution >= 0.6 is 15.9 Å². The molecule has 0 radical (unpaired) electrons. The third kappa shape index (κ3) is 4.42. The summed E-state index contributed by atoms with van der Waals surface area (Å²) in [4.78, 5) is 14.4. The molecule has 7 heteroatoms. The second kappa shape index (κ2) is 6.49. The summed E-state index contributed by atoms with van der Waals surface area (Å²) in [5.41, 5.74) is -0.377. The number of aromatic nitrogens is 1. The largest absolute Gasteiger partial charge is 0.388 e. The van der Waals surface area contributed by atoms with Gasteiger partial charge in [0.1, 0.15) is 12.0 Å². The van der Waals surface area contributed by atoms with Gasteiger partial charge in [0.2, 0.25) is 0 Å². The Bertz CT molecular complexity index is 504. The molecular weight excluding hydrogens is 326 g/mol. The molecule has 1 aromatic heterocycles. The highest BCUT2D eigenvalue weighted by Gasteiger charge is 2.23. The molecule has 6 nitrogen and oxygen atoms in total. The summed E-state index contributed by atoms with van der Waals surface area (Å²) >= 11 is 3.31. The van der Waals surface area contributed by atoms with Crippen molar-refractivity contribution in [2.24, 2.45) is 5.92 Å². The lowest BCUT2D eigenvalue weighted by atomic mass is 9.94. The Morgan fingerprint density at radius 2 is 2.20 bits per heavy atom. The predicted molar refractivity (Wildman–Crippen MR) is 81.9 cm³/mol. The molecule has 0 aliphatic rings. The van der Waals surface area contributed by atoms with Crippen LogP contribution < -0.4 is 5.32 Å². The second-order valence-corrected chi connectivity index (χ2v) is 6.43. The van der Waals surface area contributed by atoms with Crippen molar-refractivity contribution in [1.29, 1.82) is 0 Å². The van der Waals surface area contributed by atoms with Gasteiger partial charge in [-0.1, -0.05) is 13.8 Å². The van der Waals surface area contributed by atoms with E-state index in [2.05, 4.69) is 26.2 Å². The van der Waals surface area contributed by atoms with Crippen LogP contribution in [0.2, 0.25) is 0 Å². The van der Waals surface area contributed by atoms with Gasteiger partial charge in [0.25, 0.3) is 5.69 Å². The van der Waals surface area contributed by atoms with E-state index < -0.39 is 10.5 Å². The van der Waals surface area contributed by atoms with Crippen molar-refractivity contribution in [2.45, 2.75) is 39.7 Å². The first-order valence-corrected chi connectivity index (χ1v) is 7.19. The van der Waals surface area contributed by atoms with Gasteiger partial charge in [0.15, 0.2) is 0 Å². The van der Waals surface area contributed by atoms with Gasteiger partial charge in [-0.15, -0.1) is 0 Å². The summed E-state index contributed by atoms with van der Waals surface area (Å²) in [7, 11) is 0. The van der Waals surface area contributed by atoms with Crippen LogP contribution in [0.5, 0.6) is 0 Å². The highest BCUT2D eigenvalue weighted by atomic mass is 79.9. The lowest BCUT2D eigenvalue weighted by Gasteiger charge is -2.26. The number of hydrogen-bond acceptors (Lipinski definition) is 5. The van der Waals surface area contributed by atoms with E-state index in [0.29, 0.717) is 34.7 Å². The van der Waals surface area contributed by atoms with E-state index in [9.17, 15) is 15.2 Å². The van der Waals surface area contributed by atoms with Crippen molar-refractivity contribution in [3.8, 4) is 0 Å². The predicted octanol–water partition coefficient (Wildman–Crippen LogP) is 3.27. The molecule has 112 valence electrons. The van der Waals surface area contributed by atoms with Gasteiger partial charge in [-0.25, -0.2) is 4.98 Å². The Balaban J connectivity index is 2.85. The molecule has 1 atom stereocenters. The van der Waals surface area contributed by atoms with Gasteiger partial charge >= 0.3 is 0 Å². The Hall–Kier alpha value is -1.21. The fourth-order valence-corrected chi connectivity index (χ4v) is 2.55. The number of hydrogen-bond donors (Lipinski definition) is 2. The van der Waals surface area contributed by atoms with E-state index in [1.807, 2.05) is 13.8 Å². The van der Waals surface area contributed by atoms with Crippen LogP contribution in [0.3, 0.4) is 0 Å². The minimum absolute atomic E-state index is 0.0311. The van der Waals surface area contributed by atoms with Crippen molar-refractivity contribution < 1.29 is 10.0 Å². The van der Waals surface area contributed by atoms with Crippen molar-refractivity contribution >= 4 is 27.4 Å². The van der Waals surface area contributed by atoms with Crippen LogP contribution in [-0.4, -0.2) is 27.2 Å². The summed E-state index contributed by atoms with van der Waals surface area (Å²) in [5, 5.41) is 24.1. The van der Waals surface area contributed by atoms with Crippen LogP contribution in [0, 0.1) is 23.0 Å². The van der Waals surface area contributed by atoms with Gasteiger partial charge in [0, 0.05) is 12.1 Å². The minimum Gasteiger partial charge on any atom is -0.388 e. The van der Waals surface area contributed by atoms with E-state index >= 15 is 0 Å². The third-order valence-corrected chi connectivity index (χ3v) is 3.89. The Morgan fingerprint density at radius 1 is 1.60 bits per heavy atom. The zero-order chi connectivity index (χ0) is 15.5. The second-order valence-electron chi connectivity index (χ2n) is 5.64. The average molecular weight is 346 g/mol. The number of nitro groups is 1. The number of halogens is 1. The molecular formula is C13H20BrN3O3. The first-order chi connectivity index (χ1) is 9.14. The zero-order valence-corrected chi connectivity index (χ0v) is 13.7. The molecule has 20 heavy (non-hydrogen) atoms. The summed E-state index contributed by atoms with van der Waals surface area (Å²) in [6.45, 7) is 7.82. The van der Waals surface area contributed by atoms with E-state index in [0.717, 1.165) is 0 Å². The quantitative estimate of drug-likeness (QED) is 0.610. The van der Waals surface area contributed by atoms with Gasteiger partial charge < -0.3 is 10.4 Å². The summed E-state index contributed by atoms with van der Waals surface area (Å²) in [6.07, 6.45) is 1.88. The zero-order valence-electron chi connectivity index (χ0n) is 12.1. The van der Waals surface area contributed by atoms with Crippen LogP contribution in [0.1, 0.15) is 32.8 Å². The van der Waals surface area contributed by atoms with E-state index in [1.165, 1.54) is 6.20 Å². The molecule has 1 unspecified atom stereocenters. The van der Waals surface area contributed by atoms with Gasteiger partial charge in [-0.05, 0) is 42.1 Å². The molecule has 1 heterocycles. The highest BCUT2D eigenvalue weighted by molar-refractivity contribution is 9.10. The van der Waals surface area contributed by atoms with Crippen molar-refractivity contribution in [3.63, 3.8) is 0 Å². The SMILES string of the molecule is Cc1c([N+](=O)[O-])cnc(NCC(C)(O)CC(C)C)c1Br. The number of anilines is 1. The molecule has 0 amide bonds. The molecule has 0 saturated heterocycles. The van der Waals surface area contributed by atoms with Crippen LogP contribution in [0.25, 0.3) is 0 Å². The highest BCUT2D eigenvalue weighted by Crippen LogP contribution is 2.31. The summed E-state index contributed by atoms with van der Waals surface area (Å²) < 4.78 is 0.548. The molecule has 0 aliphatic carbocycles. The molecule has 1 rings (SSSR count). The minimum atomic E-state index is -0.856. The van der Waals surface area contributed by atoms with E-state index in [-0.39, 0.29) is 5.69 Å². The topological polar surface area (TPSA) is 88.3 Å². The molecule has 0 aliphatic heterocycles. The summed E-state index contributed by atoms with van der Waals surface area (Å²) in [5.74, 6) is 0.874. The molecule has 0 fully saturated rings. The van der Waals surface area contributed by atoms with Gasteiger partial charge in [-0.3, -0.25) is 10.1 Å². The van der Waals surface area contributed by atoms with Crippen LogP contribution in [0.4, 0.5) is 11.5 Å². The fourth-order valence-electron chi connectivity index (χ4n) is 2.10. The third-order valence-electron chi connectivity index (χ3n) is 2.92. The maximum absolute atomic E-state index is 10.8. The van der Waals surface area contributed by atoms with E-state index in [4.69, 9.17) is 0 Å². The molecule has 1 aromatic rings. The first-order valence-electron chi connectivity index (χ1n) is 6.40. The van der Waals surface area contributed by atoms with E-state index in [1.54, 1.807) is 13.8 Å². The van der Waals surface area contributed by atoms with Crippen LogP contribution in [0.15, 0.2) is 10.7 Å². The Morgan fingerprint density at radius 3 is 2.70 bits per heavy atom. The fraction of sp³-hybridized carbons (Fsp3) is 0.615. The molecule has 0 saturated carbocycles. The maximum atomic E-state index is 10.8. The number of aliphatic hydroxyl groups is 1. The van der Waals surface area contributed by atoms with Crippen molar-refractivity contribution in [1.82, 2.24) is 4.98 Å². The molecule has 0 spiro atoms. The van der Waals surface area contributed by atoms with Crippen LogP contribution in [-0.2, 0) is 0 Å². The summed E-state index contributed by atoms with van der Waals surface area (Å²) in [6, 6.07) is 0. The lowest BCUT2D eigenvalue weighted by Crippen LogP contribution is -2.35. The molecule has 0 aromatic carbocycles. The standard InChI is InChI=1S/C13H20BrN3O3/c1-8(2)5-13(4,18)7-16-12-11(14)9(3)10(6-15-12)17(19)20/h6,8,18H,5,7H2,1-4H3,(H,15,16). The average Bonchev–Trinajstić information content (AvgIpc) is 2.29. The molecule has 0 bridgehead atoms. The monoisotopic (exact) mass is 345 g/mol. The molecule has 2 N–H and O–H groups in total. The first kappa shape index (κ1) is 16.8. The number of nitrogens with one attached hydrogen (secondary N) is 1. The number of rotatable bonds is 6. The van der Waals surface area contributed by atoms with Gasteiger partial charge in [-0.2, -0.15) is 0 Å². The lowest BCUT2D eigenvalue weighted by molar-refractivity contribution is -0.385. The Kier molecular flexibility index (Phi) is 5.47. The normalized spacial score (nSPS) is 14.2. The smallest absolute Gasteiger partial charge is 0.291 e.